The second-order valence-corrected chi connectivity index (χ2v) is 24.1. The van der Waals surface area contributed by atoms with Gasteiger partial charge in [-0.2, -0.15) is 0 Å². The summed E-state index contributed by atoms with van der Waals surface area (Å²) in [5.74, 6) is -1.59. The molecule has 0 aromatic heterocycles. The summed E-state index contributed by atoms with van der Waals surface area (Å²) in [4.78, 5) is 114. The summed E-state index contributed by atoms with van der Waals surface area (Å²) >= 11 is 0. The van der Waals surface area contributed by atoms with Crippen LogP contribution in [0.3, 0.4) is 0 Å². The van der Waals surface area contributed by atoms with E-state index < -0.39 is 35.0 Å². The van der Waals surface area contributed by atoms with Crippen LogP contribution in [0.4, 0.5) is 0 Å². The van der Waals surface area contributed by atoms with Crippen LogP contribution in [0.1, 0.15) is 218 Å². The van der Waals surface area contributed by atoms with Crippen molar-refractivity contribution in [3.63, 3.8) is 0 Å². The number of likely N-dealkylation sites (tertiary alicyclic amines) is 2. The third-order valence-electron chi connectivity index (χ3n) is 16.6. The maximum atomic E-state index is 14.2. The summed E-state index contributed by atoms with van der Waals surface area (Å²) in [6, 6.07) is 3.48. The molecule has 72 heavy (non-hydrogen) atoms. The largest absolute Gasteiger partial charge is 0.351 e. The summed E-state index contributed by atoms with van der Waals surface area (Å²) in [5, 5.41) is 12.6. The SMILES string of the molecule is CC[C@@H](C)C(=O)N[C@H](C(=O)N1CCC[C@H]1C(=O)N[C@H](CCC(=O)c1cccc(C(=O)CC[C@@H](NC(=O)[C@@H]2CCCN2C(=O)[C@@H](NC(=O)[C@H](C)CC)C(C)(C)C)C2CCCCC2)c1)C1CCCCC1)C(C)(C)C. The van der Waals surface area contributed by atoms with E-state index in [-0.39, 0.29) is 95.6 Å². The standard InChI is InChI=1S/C58H92N6O8/c1-11-37(3)51(67)61-49(57(5,6)7)55(71)63-34-20-28-45(63)53(69)59-43(39-22-15-13-16-23-39)30-32-47(65)41-26-19-27-42(36-41)48(66)33-31-44(40-24-17-14-18-25-40)60-54(70)46-29-21-35-64(46)56(72)50(58(8,9)10)62-52(68)38(4)12-2/h19,26-27,36-40,43-46,49-50H,11-18,20-25,28-35H2,1-10H3,(H,59,69)(H,60,70)(H,61,67)(H,62,68)/t37-,38-,43-,44-,45+,46+,49-,50-/m1/s1. The van der Waals surface area contributed by atoms with Gasteiger partial charge in [0.1, 0.15) is 24.2 Å². The van der Waals surface area contributed by atoms with Gasteiger partial charge in [0, 0.05) is 61.0 Å². The molecule has 0 bridgehead atoms. The van der Waals surface area contributed by atoms with Crippen molar-refractivity contribution in [1.29, 1.82) is 0 Å². The van der Waals surface area contributed by atoms with Crippen molar-refractivity contribution in [2.75, 3.05) is 13.1 Å². The maximum Gasteiger partial charge on any atom is 0.246 e. The Kier molecular flexibility index (Phi) is 21.5. The molecule has 0 radical (unpaired) electrons. The average Bonchev–Trinajstić information content (AvgIpc) is 4.08. The highest BCUT2D eigenvalue weighted by atomic mass is 16.2. The van der Waals surface area contributed by atoms with E-state index in [1.165, 1.54) is 0 Å². The number of ketones is 2. The van der Waals surface area contributed by atoms with Crippen LogP contribution in [0, 0.1) is 34.5 Å². The van der Waals surface area contributed by atoms with Gasteiger partial charge >= 0.3 is 0 Å². The van der Waals surface area contributed by atoms with Crippen molar-refractivity contribution in [2.24, 2.45) is 34.5 Å². The first kappa shape index (κ1) is 58.3. The Balaban J connectivity index is 1.23. The van der Waals surface area contributed by atoms with Gasteiger partial charge in [-0.15, -0.1) is 0 Å². The number of benzene rings is 1. The molecule has 8 atom stereocenters. The third kappa shape index (κ3) is 15.7. The lowest BCUT2D eigenvalue weighted by Crippen LogP contribution is -2.59. The Morgan fingerprint density at radius 1 is 0.528 bits per heavy atom. The molecule has 4 aliphatic rings. The topological polar surface area (TPSA) is 191 Å². The van der Waals surface area contributed by atoms with Crippen molar-refractivity contribution < 1.29 is 38.4 Å². The highest BCUT2D eigenvalue weighted by Crippen LogP contribution is 2.33. The van der Waals surface area contributed by atoms with E-state index in [1.807, 2.05) is 69.2 Å². The number of rotatable bonds is 22. The Labute approximate surface area is 431 Å². The van der Waals surface area contributed by atoms with Crippen LogP contribution >= 0.6 is 0 Å². The van der Waals surface area contributed by atoms with Gasteiger partial charge < -0.3 is 31.1 Å². The fourth-order valence-electron chi connectivity index (χ4n) is 11.4. The fourth-order valence-corrected chi connectivity index (χ4v) is 11.4. The molecule has 2 heterocycles. The van der Waals surface area contributed by atoms with Crippen LogP contribution in [0.2, 0.25) is 0 Å². The van der Waals surface area contributed by atoms with E-state index >= 15 is 0 Å². The number of nitrogens with one attached hydrogen (secondary N) is 4. The van der Waals surface area contributed by atoms with E-state index in [0.717, 1.165) is 64.2 Å². The lowest BCUT2D eigenvalue weighted by atomic mass is 9.81. The van der Waals surface area contributed by atoms with Crippen molar-refractivity contribution >= 4 is 47.0 Å². The molecule has 402 valence electrons. The number of carbonyl (C=O) groups excluding carboxylic acids is 8. The van der Waals surface area contributed by atoms with Crippen LogP contribution < -0.4 is 21.3 Å². The van der Waals surface area contributed by atoms with Crippen molar-refractivity contribution in [1.82, 2.24) is 31.1 Å². The molecule has 0 unspecified atom stereocenters. The minimum atomic E-state index is -0.781. The normalized spacial score (nSPS) is 21.7. The van der Waals surface area contributed by atoms with E-state index in [9.17, 15) is 38.4 Å². The first-order chi connectivity index (χ1) is 34.0. The van der Waals surface area contributed by atoms with Crippen LogP contribution in [-0.2, 0) is 28.8 Å². The minimum absolute atomic E-state index is 0.112. The van der Waals surface area contributed by atoms with Gasteiger partial charge in [0.05, 0.1) is 0 Å². The molecule has 2 aliphatic carbocycles. The molecule has 0 spiro atoms. The number of nitrogens with zero attached hydrogens (tertiary/aromatic N) is 2. The summed E-state index contributed by atoms with van der Waals surface area (Å²) in [6.45, 7) is 20.0. The molecular weight excluding hydrogens is 909 g/mol. The van der Waals surface area contributed by atoms with Crippen LogP contribution in [-0.4, -0.2) is 106 Å². The number of hydrogen-bond donors (Lipinski definition) is 4. The van der Waals surface area contributed by atoms with E-state index in [1.54, 1.807) is 34.1 Å². The highest BCUT2D eigenvalue weighted by Gasteiger charge is 2.45. The number of Topliss-reactive ketones (excluding diaryl/α,β-unsaturated/α-hetero) is 2. The molecule has 1 aromatic carbocycles. The molecule has 14 heteroatoms. The first-order valence-electron chi connectivity index (χ1n) is 28.0. The summed E-state index contributed by atoms with van der Waals surface area (Å²) < 4.78 is 0. The van der Waals surface area contributed by atoms with Crippen LogP contribution in [0.15, 0.2) is 24.3 Å². The quantitative estimate of drug-likeness (QED) is 0.0828. The van der Waals surface area contributed by atoms with Crippen LogP contribution in [0.5, 0.6) is 0 Å². The number of amides is 6. The van der Waals surface area contributed by atoms with Gasteiger partial charge in [-0.25, -0.2) is 0 Å². The molecule has 5 rings (SSSR count). The van der Waals surface area contributed by atoms with Gasteiger partial charge in [-0.3, -0.25) is 38.4 Å². The van der Waals surface area contributed by atoms with E-state index in [2.05, 4.69) is 21.3 Å². The molecule has 2 saturated carbocycles. The predicted octanol–water partition coefficient (Wildman–Crippen LogP) is 8.88. The maximum absolute atomic E-state index is 14.2. The zero-order valence-electron chi connectivity index (χ0n) is 45.8. The van der Waals surface area contributed by atoms with Crippen molar-refractivity contribution in [2.45, 2.75) is 234 Å². The van der Waals surface area contributed by atoms with Gasteiger partial charge in [-0.05, 0) is 106 Å². The predicted molar refractivity (Wildman–Crippen MR) is 282 cm³/mol. The summed E-state index contributed by atoms with van der Waals surface area (Å²) in [5.41, 5.74) is -0.265. The zero-order chi connectivity index (χ0) is 52.9. The molecule has 4 fully saturated rings. The monoisotopic (exact) mass is 1000 g/mol. The highest BCUT2D eigenvalue weighted by molar-refractivity contribution is 6.01. The fraction of sp³-hybridized carbons (Fsp3) is 0.759. The van der Waals surface area contributed by atoms with Crippen molar-refractivity contribution in [3.8, 4) is 0 Å². The Morgan fingerprint density at radius 3 is 1.22 bits per heavy atom. The van der Waals surface area contributed by atoms with Gasteiger partial charge in [0.15, 0.2) is 11.6 Å². The molecule has 4 N–H and O–H groups in total. The molecule has 2 saturated heterocycles. The van der Waals surface area contributed by atoms with Crippen LogP contribution in [0.25, 0.3) is 0 Å². The lowest BCUT2D eigenvalue weighted by Gasteiger charge is -2.37. The third-order valence-corrected chi connectivity index (χ3v) is 16.6. The van der Waals surface area contributed by atoms with Gasteiger partial charge in [0.2, 0.25) is 35.4 Å². The molecule has 2 aliphatic heterocycles. The second kappa shape index (κ2) is 26.5. The Hall–Kier alpha value is -4.62. The molecule has 14 nitrogen and oxygen atoms in total. The smallest absolute Gasteiger partial charge is 0.246 e. The lowest BCUT2D eigenvalue weighted by molar-refractivity contribution is -0.144. The molecule has 6 amide bonds. The van der Waals surface area contributed by atoms with Gasteiger partial charge in [-0.1, -0.05) is 126 Å². The summed E-state index contributed by atoms with van der Waals surface area (Å²) in [7, 11) is 0. The van der Waals surface area contributed by atoms with Crippen molar-refractivity contribution in [3.05, 3.63) is 35.4 Å². The molecular formula is C58H92N6O8. The van der Waals surface area contributed by atoms with Gasteiger partial charge in [0.25, 0.3) is 0 Å². The average molecular weight is 1000 g/mol. The Bertz CT molecular complexity index is 1910. The van der Waals surface area contributed by atoms with E-state index in [0.29, 0.717) is 75.6 Å². The number of carbonyl (C=O) groups is 8. The number of hydrogen-bond acceptors (Lipinski definition) is 8. The zero-order valence-corrected chi connectivity index (χ0v) is 45.8. The molecule has 1 aromatic rings. The first-order valence-corrected chi connectivity index (χ1v) is 28.0. The minimum Gasteiger partial charge on any atom is -0.351 e. The Morgan fingerprint density at radius 2 is 0.889 bits per heavy atom. The second-order valence-electron chi connectivity index (χ2n) is 24.1. The summed E-state index contributed by atoms with van der Waals surface area (Å²) in [6.07, 6.45) is 15.2. The van der Waals surface area contributed by atoms with E-state index in [4.69, 9.17) is 0 Å².